The molecule has 1 aliphatic carbocycles. The minimum atomic E-state index is -3.95. The van der Waals surface area contributed by atoms with Crippen molar-refractivity contribution in [1.82, 2.24) is 5.32 Å². The van der Waals surface area contributed by atoms with E-state index in [1.165, 1.54) is 30.3 Å². The maximum atomic E-state index is 13.1. The summed E-state index contributed by atoms with van der Waals surface area (Å²) in [7, 11) is -3.95. The molecule has 0 unspecified atom stereocenters. The van der Waals surface area contributed by atoms with Gasteiger partial charge in [0.1, 0.15) is 6.54 Å². The van der Waals surface area contributed by atoms with Gasteiger partial charge in [0.05, 0.1) is 15.6 Å². The third-order valence-corrected chi connectivity index (χ3v) is 6.05. The monoisotopic (exact) mass is 398 g/mol. The van der Waals surface area contributed by atoms with E-state index in [1.54, 1.807) is 18.2 Å². The first-order valence-electron chi connectivity index (χ1n) is 7.70. The molecule has 1 amide bonds. The van der Waals surface area contributed by atoms with E-state index in [1.807, 2.05) is 0 Å². The van der Waals surface area contributed by atoms with Crippen LogP contribution in [0.3, 0.4) is 0 Å². The smallest absolute Gasteiger partial charge is 0.264 e. The van der Waals surface area contributed by atoms with Gasteiger partial charge in [0.2, 0.25) is 5.91 Å². The number of nitrogens with zero attached hydrogens (tertiary/aromatic N) is 1. The van der Waals surface area contributed by atoms with Crippen molar-refractivity contribution in [1.29, 1.82) is 0 Å². The second-order valence-electron chi connectivity index (χ2n) is 5.76. The molecule has 25 heavy (non-hydrogen) atoms. The van der Waals surface area contributed by atoms with Gasteiger partial charge in [-0.2, -0.15) is 0 Å². The number of carbonyl (C=O) groups excluding carboxylic acids is 1. The van der Waals surface area contributed by atoms with E-state index >= 15 is 0 Å². The van der Waals surface area contributed by atoms with E-state index in [0.29, 0.717) is 5.02 Å². The van der Waals surface area contributed by atoms with Crippen molar-refractivity contribution >= 4 is 44.8 Å². The predicted octanol–water partition coefficient (Wildman–Crippen LogP) is 3.47. The van der Waals surface area contributed by atoms with Crippen LogP contribution in [0.15, 0.2) is 53.4 Å². The minimum Gasteiger partial charge on any atom is -0.352 e. The molecule has 5 nitrogen and oxygen atoms in total. The quantitative estimate of drug-likeness (QED) is 0.809. The molecule has 2 aromatic carbocycles. The largest absolute Gasteiger partial charge is 0.352 e. The van der Waals surface area contributed by atoms with E-state index < -0.39 is 10.0 Å². The van der Waals surface area contributed by atoms with E-state index in [2.05, 4.69) is 5.32 Å². The zero-order chi connectivity index (χ0) is 18.0. The van der Waals surface area contributed by atoms with E-state index in [0.717, 1.165) is 17.1 Å². The number of benzene rings is 2. The molecule has 0 bridgehead atoms. The molecule has 0 atom stereocenters. The standard InChI is InChI=1S/C17H16Cl2N2O3S/c18-12-6-9-16(15(19)10-12)21(11-17(22)20-13-7-8-13)25(23,24)14-4-2-1-3-5-14/h1-6,9-10,13H,7-8,11H2,(H,20,22). The van der Waals surface area contributed by atoms with Crippen molar-refractivity contribution < 1.29 is 13.2 Å². The second kappa shape index (κ2) is 7.23. The zero-order valence-electron chi connectivity index (χ0n) is 13.2. The highest BCUT2D eigenvalue weighted by atomic mass is 35.5. The number of hydrogen-bond acceptors (Lipinski definition) is 3. The lowest BCUT2D eigenvalue weighted by atomic mass is 10.3. The molecule has 0 radical (unpaired) electrons. The molecular formula is C17H16Cl2N2O3S. The summed E-state index contributed by atoms with van der Waals surface area (Å²) in [6, 6.07) is 12.5. The molecule has 0 saturated heterocycles. The van der Waals surface area contributed by atoms with Crippen molar-refractivity contribution in [3.8, 4) is 0 Å². The number of halogens is 2. The van der Waals surface area contributed by atoms with Gasteiger partial charge >= 0.3 is 0 Å². The average molecular weight is 399 g/mol. The first-order chi connectivity index (χ1) is 11.9. The van der Waals surface area contributed by atoms with Gasteiger partial charge in [-0.25, -0.2) is 8.42 Å². The predicted molar refractivity (Wildman–Crippen MR) is 98.6 cm³/mol. The lowest BCUT2D eigenvalue weighted by Gasteiger charge is -2.25. The fourth-order valence-electron chi connectivity index (χ4n) is 2.33. The molecule has 132 valence electrons. The third kappa shape index (κ3) is 4.26. The van der Waals surface area contributed by atoms with Gasteiger partial charge < -0.3 is 5.32 Å². The van der Waals surface area contributed by atoms with Crippen LogP contribution < -0.4 is 9.62 Å². The van der Waals surface area contributed by atoms with Crippen LogP contribution in [0.2, 0.25) is 10.0 Å². The molecule has 1 saturated carbocycles. The number of rotatable bonds is 6. The molecule has 0 aromatic heterocycles. The van der Waals surface area contributed by atoms with Crippen molar-refractivity contribution in [3.05, 3.63) is 58.6 Å². The van der Waals surface area contributed by atoms with Crippen LogP contribution in [0.4, 0.5) is 5.69 Å². The molecule has 2 aromatic rings. The van der Waals surface area contributed by atoms with Gasteiger partial charge in [0.25, 0.3) is 10.0 Å². The first-order valence-corrected chi connectivity index (χ1v) is 9.90. The van der Waals surface area contributed by atoms with Crippen LogP contribution in [0.5, 0.6) is 0 Å². The van der Waals surface area contributed by atoms with Gasteiger partial charge in [-0.15, -0.1) is 0 Å². The molecule has 0 spiro atoms. The normalized spacial score (nSPS) is 14.2. The van der Waals surface area contributed by atoms with Crippen molar-refractivity contribution in [2.24, 2.45) is 0 Å². The number of amides is 1. The zero-order valence-corrected chi connectivity index (χ0v) is 15.5. The molecule has 1 N–H and O–H groups in total. The molecule has 1 aliphatic rings. The maximum absolute atomic E-state index is 13.1. The summed E-state index contributed by atoms with van der Waals surface area (Å²) >= 11 is 12.1. The Kier molecular flexibility index (Phi) is 5.22. The number of hydrogen-bond donors (Lipinski definition) is 1. The summed E-state index contributed by atoms with van der Waals surface area (Å²) in [6.45, 7) is -0.352. The average Bonchev–Trinajstić information content (AvgIpc) is 3.38. The fraction of sp³-hybridized carbons (Fsp3) is 0.235. The Morgan fingerprint density at radius 1 is 1.12 bits per heavy atom. The van der Waals surface area contributed by atoms with Gasteiger partial charge in [-0.1, -0.05) is 41.4 Å². The molecule has 8 heteroatoms. The number of sulfonamides is 1. The van der Waals surface area contributed by atoms with Gasteiger partial charge in [-0.05, 0) is 43.2 Å². The van der Waals surface area contributed by atoms with Crippen molar-refractivity contribution in [2.75, 3.05) is 10.8 Å². The Morgan fingerprint density at radius 2 is 1.80 bits per heavy atom. The van der Waals surface area contributed by atoms with Crippen LogP contribution in [0.1, 0.15) is 12.8 Å². The maximum Gasteiger partial charge on any atom is 0.264 e. The second-order valence-corrected chi connectivity index (χ2v) is 8.47. The van der Waals surface area contributed by atoms with Crippen molar-refractivity contribution in [3.63, 3.8) is 0 Å². The molecule has 0 heterocycles. The van der Waals surface area contributed by atoms with Crippen LogP contribution >= 0.6 is 23.2 Å². The summed E-state index contributed by atoms with van der Waals surface area (Å²) in [5.74, 6) is -0.368. The Bertz CT molecular complexity index is 884. The number of nitrogens with one attached hydrogen (secondary N) is 1. The van der Waals surface area contributed by atoms with E-state index in [4.69, 9.17) is 23.2 Å². The Labute approximate surface area is 156 Å². The van der Waals surface area contributed by atoms with Crippen LogP contribution in [-0.2, 0) is 14.8 Å². The first kappa shape index (κ1) is 18.0. The number of carbonyl (C=O) groups is 1. The Balaban J connectivity index is 2.00. The van der Waals surface area contributed by atoms with Gasteiger partial charge in [0.15, 0.2) is 0 Å². The highest BCUT2D eigenvalue weighted by Crippen LogP contribution is 2.32. The lowest BCUT2D eigenvalue weighted by Crippen LogP contribution is -2.41. The summed E-state index contributed by atoms with van der Waals surface area (Å²) in [5, 5.41) is 3.34. The third-order valence-electron chi connectivity index (χ3n) is 3.74. The Hall–Kier alpha value is -1.76. The van der Waals surface area contributed by atoms with Gasteiger partial charge in [-0.3, -0.25) is 9.10 Å². The summed E-state index contributed by atoms with van der Waals surface area (Å²) in [6.07, 6.45) is 1.83. The highest BCUT2D eigenvalue weighted by Gasteiger charge is 2.30. The molecular weight excluding hydrogens is 383 g/mol. The minimum absolute atomic E-state index is 0.0836. The molecule has 0 aliphatic heterocycles. The summed E-state index contributed by atoms with van der Waals surface area (Å²) in [4.78, 5) is 12.3. The molecule has 3 rings (SSSR count). The van der Waals surface area contributed by atoms with Gasteiger partial charge in [0, 0.05) is 11.1 Å². The van der Waals surface area contributed by atoms with E-state index in [9.17, 15) is 13.2 Å². The van der Waals surface area contributed by atoms with Crippen molar-refractivity contribution in [2.45, 2.75) is 23.8 Å². The SMILES string of the molecule is O=C(CN(c1ccc(Cl)cc1Cl)S(=O)(=O)c1ccccc1)NC1CC1. The summed E-state index contributed by atoms with van der Waals surface area (Å²) < 4.78 is 27.1. The topological polar surface area (TPSA) is 66.5 Å². The van der Waals surface area contributed by atoms with E-state index in [-0.39, 0.29) is 34.1 Å². The lowest BCUT2D eigenvalue weighted by molar-refractivity contribution is -0.119. The summed E-state index contributed by atoms with van der Waals surface area (Å²) in [5.41, 5.74) is 0.209. The van der Waals surface area contributed by atoms with Crippen LogP contribution in [0.25, 0.3) is 0 Å². The van der Waals surface area contributed by atoms with Crippen LogP contribution in [0, 0.1) is 0 Å². The number of anilines is 1. The van der Waals surface area contributed by atoms with Crippen LogP contribution in [-0.4, -0.2) is 26.9 Å². The Morgan fingerprint density at radius 3 is 2.40 bits per heavy atom. The highest BCUT2D eigenvalue weighted by molar-refractivity contribution is 7.92. The molecule has 1 fully saturated rings. The fourth-order valence-corrected chi connectivity index (χ4v) is 4.36.